The number of amides is 1. The highest BCUT2D eigenvalue weighted by Crippen LogP contribution is 2.27. The summed E-state index contributed by atoms with van der Waals surface area (Å²) >= 11 is 0. The molecule has 1 amide bonds. The van der Waals surface area contributed by atoms with Crippen LogP contribution in [0, 0.1) is 0 Å². The molecule has 0 saturated heterocycles. The quantitative estimate of drug-likeness (QED) is 0.859. The van der Waals surface area contributed by atoms with E-state index in [1.165, 1.54) is 5.56 Å². The topological polar surface area (TPSA) is 43.8 Å². The highest BCUT2D eigenvalue weighted by molar-refractivity contribution is 5.95. The normalized spacial score (nSPS) is 15.5. The summed E-state index contributed by atoms with van der Waals surface area (Å²) in [5.41, 5.74) is 2.34. The third-order valence-electron chi connectivity index (χ3n) is 3.82. The Labute approximate surface area is 121 Å². The van der Waals surface area contributed by atoms with Crippen LogP contribution in [0.2, 0.25) is 0 Å². The van der Waals surface area contributed by atoms with Crippen LogP contribution in [-0.2, 0) is 11.2 Å². The van der Waals surface area contributed by atoms with Crippen molar-refractivity contribution in [2.75, 3.05) is 31.6 Å². The average molecular weight is 276 g/mol. The molecule has 0 spiro atoms. The summed E-state index contributed by atoms with van der Waals surface area (Å²) in [6, 6.07) is 8.13. The van der Waals surface area contributed by atoms with E-state index < -0.39 is 0 Å². The zero-order valence-electron chi connectivity index (χ0n) is 12.4. The Balaban J connectivity index is 1.82. The van der Waals surface area contributed by atoms with E-state index in [0.29, 0.717) is 6.42 Å². The van der Waals surface area contributed by atoms with E-state index in [9.17, 15) is 9.90 Å². The number of aliphatic hydroxyl groups is 1. The fraction of sp³-hybridized carbons (Fsp3) is 0.562. The van der Waals surface area contributed by atoms with Gasteiger partial charge in [-0.15, -0.1) is 0 Å². The molecular weight excluding hydrogens is 252 g/mol. The minimum atomic E-state index is -0.279. The van der Waals surface area contributed by atoms with E-state index in [1.54, 1.807) is 6.92 Å². The highest BCUT2D eigenvalue weighted by atomic mass is 16.3. The van der Waals surface area contributed by atoms with Crippen molar-refractivity contribution in [2.24, 2.45) is 0 Å². The molecule has 1 aliphatic heterocycles. The predicted molar refractivity (Wildman–Crippen MR) is 80.9 cm³/mol. The van der Waals surface area contributed by atoms with Crippen molar-refractivity contribution < 1.29 is 9.90 Å². The number of benzene rings is 1. The number of rotatable bonds is 6. The molecule has 1 aromatic rings. The Morgan fingerprint density at radius 3 is 2.90 bits per heavy atom. The fourth-order valence-corrected chi connectivity index (χ4v) is 2.54. The fourth-order valence-electron chi connectivity index (χ4n) is 2.54. The molecule has 1 heterocycles. The maximum Gasteiger partial charge on any atom is 0.228 e. The lowest BCUT2D eigenvalue weighted by Gasteiger charge is -2.21. The first kappa shape index (κ1) is 15.0. The summed E-state index contributed by atoms with van der Waals surface area (Å²) < 4.78 is 0. The van der Waals surface area contributed by atoms with Crippen molar-refractivity contribution in [3.05, 3.63) is 29.8 Å². The van der Waals surface area contributed by atoms with E-state index in [1.807, 2.05) is 30.1 Å². The van der Waals surface area contributed by atoms with Gasteiger partial charge in [-0.3, -0.25) is 4.79 Å². The van der Waals surface area contributed by atoms with E-state index in [-0.39, 0.29) is 12.0 Å². The number of carbonyl (C=O) groups is 1. The largest absolute Gasteiger partial charge is 0.393 e. The number of para-hydroxylation sites is 1. The highest BCUT2D eigenvalue weighted by Gasteiger charge is 2.23. The molecule has 0 radical (unpaired) electrons. The number of nitrogens with zero attached hydrogens (tertiary/aromatic N) is 2. The van der Waals surface area contributed by atoms with Crippen molar-refractivity contribution in [3.63, 3.8) is 0 Å². The van der Waals surface area contributed by atoms with Crippen molar-refractivity contribution in [2.45, 2.75) is 32.3 Å². The molecule has 1 aliphatic rings. The first-order chi connectivity index (χ1) is 9.58. The second-order valence-electron chi connectivity index (χ2n) is 5.62. The van der Waals surface area contributed by atoms with Crippen LogP contribution in [0.5, 0.6) is 0 Å². The van der Waals surface area contributed by atoms with Gasteiger partial charge in [0.2, 0.25) is 5.91 Å². The lowest BCUT2D eigenvalue weighted by Crippen LogP contribution is -2.33. The molecule has 1 unspecified atom stereocenters. The molecule has 0 aliphatic carbocycles. The second-order valence-corrected chi connectivity index (χ2v) is 5.62. The summed E-state index contributed by atoms with van der Waals surface area (Å²) in [6.07, 6.45) is 1.96. The summed E-state index contributed by atoms with van der Waals surface area (Å²) in [5, 5.41) is 9.26. The summed E-state index contributed by atoms with van der Waals surface area (Å²) in [4.78, 5) is 16.3. The Morgan fingerprint density at radius 2 is 2.15 bits per heavy atom. The lowest BCUT2D eigenvalue weighted by atomic mass is 10.2. The molecule has 1 atom stereocenters. The summed E-state index contributed by atoms with van der Waals surface area (Å²) in [6.45, 7) is 4.15. The summed E-state index contributed by atoms with van der Waals surface area (Å²) in [5.74, 6) is 0.193. The van der Waals surface area contributed by atoms with Gasteiger partial charge >= 0.3 is 0 Å². The number of anilines is 1. The Bertz CT molecular complexity index is 460. The molecule has 1 aromatic carbocycles. The maximum absolute atomic E-state index is 12.3. The van der Waals surface area contributed by atoms with Gasteiger partial charge < -0.3 is 14.9 Å². The third-order valence-corrected chi connectivity index (χ3v) is 3.82. The lowest BCUT2D eigenvalue weighted by molar-refractivity contribution is -0.118. The molecular formula is C16H24N2O2. The van der Waals surface area contributed by atoms with Crippen molar-refractivity contribution in [1.29, 1.82) is 0 Å². The van der Waals surface area contributed by atoms with Crippen LogP contribution in [0.1, 0.15) is 25.3 Å². The molecule has 20 heavy (non-hydrogen) atoms. The zero-order chi connectivity index (χ0) is 14.5. The number of hydrogen-bond donors (Lipinski definition) is 1. The van der Waals surface area contributed by atoms with Crippen LogP contribution < -0.4 is 4.90 Å². The average Bonchev–Trinajstić information content (AvgIpc) is 2.86. The first-order valence-corrected chi connectivity index (χ1v) is 7.33. The van der Waals surface area contributed by atoms with Gasteiger partial charge in [-0.05, 0) is 38.4 Å². The standard InChI is InChI=1S/C16H24N2O2/c1-13(19)7-10-17(2)11-9-16(20)18-12-8-14-5-3-4-6-15(14)18/h3-6,13,19H,7-12H2,1-2H3. The molecule has 0 fully saturated rings. The predicted octanol–water partition coefficient (Wildman–Crippen LogP) is 1.67. The monoisotopic (exact) mass is 276 g/mol. The van der Waals surface area contributed by atoms with Gasteiger partial charge in [0.05, 0.1) is 6.10 Å². The van der Waals surface area contributed by atoms with Gasteiger partial charge in [-0.1, -0.05) is 18.2 Å². The third kappa shape index (κ3) is 3.81. The van der Waals surface area contributed by atoms with Crippen molar-refractivity contribution in [1.82, 2.24) is 4.90 Å². The van der Waals surface area contributed by atoms with E-state index in [2.05, 4.69) is 11.0 Å². The molecule has 0 bridgehead atoms. The Kier molecular flexibility index (Phi) is 5.15. The Morgan fingerprint density at radius 1 is 1.40 bits per heavy atom. The minimum Gasteiger partial charge on any atom is -0.393 e. The van der Waals surface area contributed by atoms with Gasteiger partial charge in [0.15, 0.2) is 0 Å². The van der Waals surface area contributed by atoms with Crippen LogP contribution in [0.3, 0.4) is 0 Å². The van der Waals surface area contributed by atoms with Crippen LogP contribution in [-0.4, -0.2) is 48.7 Å². The van der Waals surface area contributed by atoms with Crippen LogP contribution >= 0.6 is 0 Å². The van der Waals surface area contributed by atoms with Crippen LogP contribution in [0.25, 0.3) is 0 Å². The van der Waals surface area contributed by atoms with E-state index in [0.717, 1.165) is 38.2 Å². The number of carbonyl (C=O) groups excluding carboxylic acids is 1. The van der Waals surface area contributed by atoms with Gasteiger partial charge in [-0.2, -0.15) is 0 Å². The molecule has 4 heteroatoms. The molecule has 4 nitrogen and oxygen atoms in total. The summed E-state index contributed by atoms with van der Waals surface area (Å²) in [7, 11) is 1.99. The second kappa shape index (κ2) is 6.86. The van der Waals surface area contributed by atoms with Gasteiger partial charge in [-0.25, -0.2) is 0 Å². The van der Waals surface area contributed by atoms with Crippen LogP contribution in [0.4, 0.5) is 5.69 Å². The molecule has 110 valence electrons. The molecule has 1 N–H and O–H groups in total. The number of hydrogen-bond acceptors (Lipinski definition) is 3. The SMILES string of the molecule is CC(O)CCN(C)CCC(=O)N1CCc2ccccc21. The molecule has 0 saturated carbocycles. The van der Waals surface area contributed by atoms with Crippen molar-refractivity contribution >= 4 is 11.6 Å². The molecule has 2 rings (SSSR count). The Hall–Kier alpha value is -1.39. The zero-order valence-corrected chi connectivity index (χ0v) is 12.4. The molecule has 0 aromatic heterocycles. The van der Waals surface area contributed by atoms with Crippen molar-refractivity contribution in [3.8, 4) is 0 Å². The van der Waals surface area contributed by atoms with E-state index in [4.69, 9.17) is 0 Å². The van der Waals surface area contributed by atoms with Crippen LogP contribution in [0.15, 0.2) is 24.3 Å². The maximum atomic E-state index is 12.3. The number of aliphatic hydroxyl groups excluding tert-OH is 1. The van der Waals surface area contributed by atoms with Gasteiger partial charge in [0.25, 0.3) is 0 Å². The van der Waals surface area contributed by atoms with E-state index >= 15 is 0 Å². The smallest absolute Gasteiger partial charge is 0.228 e. The first-order valence-electron chi connectivity index (χ1n) is 7.33. The minimum absolute atomic E-state index is 0.193. The number of fused-ring (bicyclic) bond motifs is 1. The van der Waals surface area contributed by atoms with Gasteiger partial charge in [0, 0.05) is 31.7 Å². The van der Waals surface area contributed by atoms with Gasteiger partial charge in [0.1, 0.15) is 0 Å².